The fourth-order valence-corrected chi connectivity index (χ4v) is 3.95. The number of hydrogen-bond acceptors (Lipinski definition) is 2. The first-order chi connectivity index (χ1) is 8.46. The van der Waals surface area contributed by atoms with Gasteiger partial charge in [0.15, 0.2) is 5.34 Å². The lowest BCUT2D eigenvalue weighted by Crippen LogP contribution is -2.30. The highest BCUT2D eigenvalue weighted by atomic mass is 31.2. The Balaban J connectivity index is 3.18. The van der Waals surface area contributed by atoms with Gasteiger partial charge in [-0.2, -0.15) is 0 Å². The molecule has 0 aliphatic rings. The first-order valence-electron chi connectivity index (χ1n) is 6.00. The molecule has 1 atom stereocenters. The molecule has 0 saturated carbocycles. The van der Waals surface area contributed by atoms with Crippen LogP contribution in [-0.4, -0.2) is 23.0 Å². The van der Waals surface area contributed by atoms with Crippen molar-refractivity contribution in [3.63, 3.8) is 0 Å². The Labute approximate surface area is 113 Å². The van der Waals surface area contributed by atoms with Crippen molar-refractivity contribution < 1.29 is 23.8 Å². The van der Waals surface area contributed by atoms with Gasteiger partial charge in [-0.3, -0.25) is 4.57 Å². The third-order valence-corrected chi connectivity index (χ3v) is 6.19. The van der Waals surface area contributed by atoms with Gasteiger partial charge in [0.2, 0.25) is 0 Å². The molecule has 0 radical (unpaired) electrons. The van der Waals surface area contributed by atoms with Crippen molar-refractivity contribution in [3.05, 3.63) is 35.6 Å². The van der Waals surface area contributed by atoms with E-state index in [1.54, 1.807) is 0 Å². The highest BCUT2D eigenvalue weighted by molar-refractivity contribution is 7.52. The van der Waals surface area contributed by atoms with E-state index in [1.165, 1.54) is 18.2 Å². The molecule has 0 fully saturated rings. The summed E-state index contributed by atoms with van der Waals surface area (Å²) in [5, 5.41) is 8.09. The van der Waals surface area contributed by atoms with Crippen LogP contribution in [0.2, 0.25) is 25.7 Å². The number of rotatable bonds is 5. The third-order valence-electron chi connectivity index (χ3n) is 2.99. The maximum atomic E-state index is 13.2. The second kappa shape index (κ2) is 5.46. The monoisotopic (exact) mass is 306 g/mol. The first kappa shape index (κ1) is 16.5. The van der Waals surface area contributed by atoms with Crippen molar-refractivity contribution in [2.45, 2.75) is 37.4 Å². The van der Waals surface area contributed by atoms with Gasteiger partial charge in [0, 0.05) is 8.07 Å². The molecule has 0 aliphatic heterocycles. The van der Waals surface area contributed by atoms with E-state index in [4.69, 9.17) is 0 Å². The molecule has 0 aromatic heterocycles. The summed E-state index contributed by atoms with van der Waals surface area (Å²) in [6.07, 6.45) is -0.0730. The smallest absolute Gasteiger partial charge is 0.361 e. The SMILES string of the molecule is C[Si](C)(C)CCC(O)(c1cccc(F)c1)P(=O)(O)O. The molecule has 1 unspecified atom stereocenters. The van der Waals surface area contributed by atoms with E-state index in [0.29, 0.717) is 6.04 Å². The van der Waals surface area contributed by atoms with E-state index in [-0.39, 0.29) is 12.0 Å². The van der Waals surface area contributed by atoms with Gasteiger partial charge in [-0.25, -0.2) is 4.39 Å². The molecule has 0 aliphatic carbocycles. The standard InChI is InChI=1S/C12H20FO4PSi/c1-19(2,3)8-7-12(14,18(15,16)17)10-5-4-6-11(13)9-10/h4-6,9,14H,7-8H2,1-3H3,(H2,15,16,17). The molecule has 7 heteroatoms. The van der Waals surface area contributed by atoms with Crippen LogP contribution in [0.1, 0.15) is 12.0 Å². The minimum absolute atomic E-state index is 0.0703. The van der Waals surface area contributed by atoms with Gasteiger partial charge < -0.3 is 14.9 Å². The van der Waals surface area contributed by atoms with Crippen LogP contribution in [0.4, 0.5) is 4.39 Å². The topological polar surface area (TPSA) is 77.8 Å². The molecule has 19 heavy (non-hydrogen) atoms. The zero-order chi connectivity index (χ0) is 14.9. The molecule has 108 valence electrons. The van der Waals surface area contributed by atoms with Gasteiger partial charge in [-0.05, 0) is 24.1 Å². The molecule has 3 N–H and O–H groups in total. The fraction of sp³-hybridized carbons (Fsp3) is 0.500. The summed E-state index contributed by atoms with van der Waals surface area (Å²) in [5.41, 5.74) is -0.0703. The zero-order valence-electron chi connectivity index (χ0n) is 11.3. The van der Waals surface area contributed by atoms with Crippen molar-refractivity contribution in [3.8, 4) is 0 Å². The summed E-state index contributed by atoms with van der Waals surface area (Å²) in [4.78, 5) is 18.9. The van der Waals surface area contributed by atoms with Crippen LogP contribution in [0.5, 0.6) is 0 Å². The van der Waals surface area contributed by atoms with Crippen LogP contribution in [0.15, 0.2) is 24.3 Å². The van der Waals surface area contributed by atoms with Crippen LogP contribution in [0, 0.1) is 5.82 Å². The van der Waals surface area contributed by atoms with Crippen LogP contribution in [0.25, 0.3) is 0 Å². The molecular weight excluding hydrogens is 286 g/mol. The van der Waals surface area contributed by atoms with Crippen molar-refractivity contribution in [2.24, 2.45) is 0 Å². The fourth-order valence-electron chi connectivity index (χ4n) is 1.74. The van der Waals surface area contributed by atoms with Gasteiger partial charge >= 0.3 is 7.60 Å². The summed E-state index contributed by atoms with van der Waals surface area (Å²) in [6, 6.07) is 5.35. The normalized spacial score (nSPS) is 16.2. The Bertz CT molecular complexity index is 497. The van der Waals surface area contributed by atoms with E-state index in [2.05, 4.69) is 0 Å². The van der Waals surface area contributed by atoms with E-state index in [1.807, 2.05) is 19.6 Å². The molecule has 0 spiro atoms. The van der Waals surface area contributed by atoms with Gasteiger partial charge in [0.1, 0.15) is 5.82 Å². The van der Waals surface area contributed by atoms with Gasteiger partial charge in [-0.1, -0.05) is 37.8 Å². The number of benzene rings is 1. The Morgan fingerprint density at radius 3 is 2.32 bits per heavy atom. The number of hydrogen-bond donors (Lipinski definition) is 3. The summed E-state index contributed by atoms with van der Waals surface area (Å²) >= 11 is 0. The lowest BCUT2D eigenvalue weighted by atomic mass is 10.1. The third kappa shape index (κ3) is 4.23. The second-order valence-electron chi connectivity index (χ2n) is 5.93. The largest absolute Gasteiger partial charge is 0.373 e. The average Bonchev–Trinajstić information content (AvgIpc) is 2.23. The van der Waals surface area contributed by atoms with Crippen molar-refractivity contribution in [2.75, 3.05) is 0 Å². The molecule has 0 amide bonds. The second-order valence-corrected chi connectivity index (χ2v) is 13.4. The van der Waals surface area contributed by atoms with E-state index >= 15 is 0 Å². The molecular formula is C12H20FO4PSi. The minimum Gasteiger partial charge on any atom is -0.373 e. The van der Waals surface area contributed by atoms with E-state index < -0.39 is 26.8 Å². The number of halogens is 1. The van der Waals surface area contributed by atoms with E-state index in [9.17, 15) is 23.8 Å². The minimum atomic E-state index is -4.80. The maximum absolute atomic E-state index is 13.2. The first-order valence-corrected chi connectivity index (χ1v) is 11.3. The highest BCUT2D eigenvalue weighted by Crippen LogP contribution is 2.58. The predicted octanol–water partition coefficient (Wildman–Crippen LogP) is 2.88. The van der Waals surface area contributed by atoms with Gasteiger partial charge in [-0.15, -0.1) is 0 Å². The Kier molecular flexibility index (Phi) is 4.75. The van der Waals surface area contributed by atoms with Crippen LogP contribution >= 0.6 is 7.60 Å². The lowest BCUT2D eigenvalue weighted by molar-refractivity contribution is 0.0850. The zero-order valence-corrected chi connectivity index (χ0v) is 13.2. The Morgan fingerprint density at radius 1 is 1.32 bits per heavy atom. The molecule has 0 bridgehead atoms. The Hall–Kier alpha value is -0.523. The van der Waals surface area contributed by atoms with Crippen molar-refractivity contribution in [1.29, 1.82) is 0 Å². The summed E-state index contributed by atoms with van der Waals surface area (Å²) in [5.74, 6) is -0.627. The van der Waals surface area contributed by atoms with Gasteiger partial charge in [0.25, 0.3) is 0 Å². The van der Waals surface area contributed by atoms with Crippen LogP contribution in [-0.2, 0) is 9.91 Å². The summed E-state index contributed by atoms with van der Waals surface area (Å²) < 4.78 is 24.8. The van der Waals surface area contributed by atoms with E-state index in [0.717, 1.165) is 6.07 Å². The maximum Gasteiger partial charge on any atom is 0.361 e. The Morgan fingerprint density at radius 2 is 1.89 bits per heavy atom. The van der Waals surface area contributed by atoms with Gasteiger partial charge in [0.05, 0.1) is 0 Å². The molecule has 0 heterocycles. The summed E-state index contributed by atoms with van der Waals surface area (Å²) in [6.45, 7) is 6.12. The number of aliphatic hydroxyl groups is 1. The molecule has 4 nitrogen and oxygen atoms in total. The van der Waals surface area contributed by atoms with Crippen molar-refractivity contribution in [1.82, 2.24) is 0 Å². The highest BCUT2D eigenvalue weighted by Gasteiger charge is 2.47. The molecule has 1 aromatic rings. The predicted molar refractivity (Wildman–Crippen MR) is 75.1 cm³/mol. The molecule has 0 saturated heterocycles. The molecule has 1 aromatic carbocycles. The summed E-state index contributed by atoms with van der Waals surface area (Å²) in [7, 11) is -6.39. The molecule has 1 rings (SSSR count). The van der Waals surface area contributed by atoms with Crippen LogP contribution in [0.3, 0.4) is 0 Å². The quantitative estimate of drug-likeness (QED) is 0.577. The van der Waals surface area contributed by atoms with Crippen molar-refractivity contribution >= 4 is 15.7 Å². The lowest BCUT2D eigenvalue weighted by Gasteiger charge is -2.31. The average molecular weight is 306 g/mol. The van der Waals surface area contributed by atoms with Crippen LogP contribution < -0.4 is 0 Å².